The van der Waals surface area contributed by atoms with E-state index in [-0.39, 0.29) is 11.6 Å². The van der Waals surface area contributed by atoms with Gasteiger partial charge in [-0.3, -0.25) is 20.2 Å². The fourth-order valence-corrected chi connectivity index (χ4v) is 3.54. The average Bonchev–Trinajstić information content (AvgIpc) is 3.13. The molecule has 0 saturated carbocycles. The summed E-state index contributed by atoms with van der Waals surface area (Å²) in [7, 11) is 0. The summed E-state index contributed by atoms with van der Waals surface area (Å²) in [6.45, 7) is 3.68. The summed E-state index contributed by atoms with van der Waals surface area (Å²) in [5.74, 6) is -0.321. The topological polar surface area (TPSA) is 98.0 Å². The molecule has 3 rings (SSSR count). The van der Waals surface area contributed by atoms with E-state index >= 15 is 0 Å². The van der Waals surface area contributed by atoms with Crippen LogP contribution >= 0.6 is 22.7 Å². The first-order valence-electron chi connectivity index (χ1n) is 6.90. The Balaban J connectivity index is 1.86. The molecule has 0 unspecified atom stereocenters. The van der Waals surface area contributed by atoms with Crippen LogP contribution in [0, 0.1) is 24.0 Å². The second kappa shape index (κ2) is 6.46. The van der Waals surface area contributed by atoms with Gasteiger partial charge in [0, 0.05) is 28.0 Å². The Morgan fingerprint density at radius 3 is 2.75 bits per heavy atom. The lowest BCUT2D eigenvalue weighted by Gasteiger charge is -1.99. The second-order valence-electron chi connectivity index (χ2n) is 4.94. The van der Waals surface area contributed by atoms with Crippen molar-refractivity contribution in [1.29, 1.82) is 0 Å². The Morgan fingerprint density at radius 1 is 1.29 bits per heavy atom. The maximum Gasteiger partial charge on any atom is 0.276 e. The predicted octanol–water partition coefficient (Wildman–Crippen LogP) is 4.04. The van der Waals surface area contributed by atoms with Crippen LogP contribution in [0.4, 0.5) is 10.8 Å². The van der Waals surface area contributed by atoms with Gasteiger partial charge in [-0.2, -0.15) is 0 Å². The maximum atomic E-state index is 12.1. The monoisotopic (exact) mass is 360 g/mol. The van der Waals surface area contributed by atoms with E-state index in [9.17, 15) is 14.9 Å². The number of nitrogens with one attached hydrogen (secondary N) is 1. The Bertz CT molecular complexity index is 932. The first-order chi connectivity index (χ1) is 11.4. The summed E-state index contributed by atoms with van der Waals surface area (Å²) < 4.78 is 0. The van der Waals surface area contributed by atoms with Crippen LogP contribution in [0.15, 0.2) is 29.6 Å². The predicted molar refractivity (Wildman–Crippen MR) is 93.7 cm³/mol. The number of benzene rings is 1. The van der Waals surface area contributed by atoms with Crippen LogP contribution in [0.5, 0.6) is 0 Å². The minimum atomic E-state index is -0.446. The summed E-state index contributed by atoms with van der Waals surface area (Å²) in [6, 6.07) is 6.27. The van der Waals surface area contributed by atoms with E-state index in [0.717, 1.165) is 9.88 Å². The number of hydrogen-bond donors (Lipinski definition) is 1. The lowest BCUT2D eigenvalue weighted by atomic mass is 10.1. The maximum absolute atomic E-state index is 12.1. The summed E-state index contributed by atoms with van der Waals surface area (Å²) in [4.78, 5) is 32.0. The number of carbonyl (C=O) groups is 1. The van der Waals surface area contributed by atoms with Gasteiger partial charge in [0.25, 0.3) is 11.6 Å². The third kappa shape index (κ3) is 3.31. The molecule has 2 aromatic heterocycles. The molecule has 0 spiro atoms. The highest BCUT2D eigenvalue weighted by Gasteiger charge is 2.16. The molecule has 0 aliphatic rings. The SMILES string of the molecule is Cc1nc(C(=O)Nc2nc(-c3cccc([N+](=O)[O-])c3)c(C)s2)cs1. The first kappa shape index (κ1) is 16.2. The van der Waals surface area contributed by atoms with Gasteiger partial charge < -0.3 is 0 Å². The number of non-ortho nitro benzene ring substituents is 1. The largest absolute Gasteiger partial charge is 0.296 e. The highest BCUT2D eigenvalue weighted by molar-refractivity contribution is 7.16. The molecule has 0 bridgehead atoms. The van der Waals surface area contributed by atoms with Crippen LogP contribution < -0.4 is 5.32 Å². The van der Waals surface area contributed by atoms with Crippen LogP contribution in [-0.2, 0) is 0 Å². The molecule has 0 saturated heterocycles. The lowest BCUT2D eigenvalue weighted by molar-refractivity contribution is -0.384. The van der Waals surface area contributed by atoms with Crippen LogP contribution in [0.2, 0.25) is 0 Å². The minimum Gasteiger partial charge on any atom is -0.296 e. The Morgan fingerprint density at radius 2 is 2.08 bits per heavy atom. The highest BCUT2D eigenvalue weighted by atomic mass is 32.1. The zero-order valence-corrected chi connectivity index (χ0v) is 14.4. The Kier molecular flexibility index (Phi) is 4.36. The molecule has 7 nitrogen and oxygen atoms in total. The molecule has 24 heavy (non-hydrogen) atoms. The van der Waals surface area contributed by atoms with Crippen molar-refractivity contribution >= 4 is 39.4 Å². The highest BCUT2D eigenvalue weighted by Crippen LogP contribution is 2.32. The molecular weight excluding hydrogens is 348 g/mol. The Hall–Kier alpha value is -2.65. The molecule has 0 radical (unpaired) electrons. The van der Waals surface area contributed by atoms with E-state index in [1.54, 1.807) is 17.5 Å². The van der Waals surface area contributed by atoms with E-state index in [0.29, 0.717) is 22.1 Å². The van der Waals surface area contributed by atoms with Crippen molar-refractivity contribution < 1.29 is 9.72 Å². The fraction of sp³-hybridized carbons (Fsp3) is 0.133. The number of aromatic nitrogens is 2. The van der Waals surface area contributed by atoms with Crippen molar-refractivity contribution in [2.45, 2.75) is 13.8 Å². The van der Waals surface area contributed by atoms with Crippen molar-refractivity contribution in [3.05, 3.63) is 55.3 Å². The van der Waals surface area contributed by atoms with E-state index < -0.39 is 4.92 Å². The number of nitro benzene ring substituents is 1. The smallest absolute Gasteiger partial charge is 0.276 e. The zero-order chi connectivity index (χ0) is 17.3. The van der Waals surface area contributed by atoms with Crippen LogP contribution in [0.25, 0.3) is 11.3 Å². The van der Waals surface area contributed by atoms with Crippen molar-refractivity contribution in [3.63, 3.8) is 0 Å². The van der Waals surface area contributed by atoms with Gasteiger partial charge in [0.15, 0.2) is 5.13 Å². The molecule has 2 heterocycles. The molecule has 0 atom stereocenters. The minimum absolute atomic E-state index is 0.00318. The molecule has 1 aromatic carbocycles. The number of carbonyl (C=O) groups excluding carboxylic acids is 1. The van der Waals surface area contributed by atoms with Crippen LogP contribution in [-0.4, -0.2) is 20.8 Å². The van der Waals surface area contributed by atoms with Crippen molar-refractivity contribution in [3.8, 4) is 11.3 Å². The number of thiazole rings is 2. The third-order valence-electron chi connectivity index (χ3n) is 3.20. The molecule has 1 amide bonds. The van der Waals surface area contributed by atoms with E-state index in [4.69, 9.17) is 0 Å². The summed E-state index contributed by atoms with van der Waals surface area (Å²) >= 11 is 2.72. The zero-order valence-electron chi connectivity index (χ0n) is 12.8. The quantitative estimate of drug-likeness (QED) is 0.559. The van der Waals surface area contributed by atoms with Gasteiger partial charge in [0.2, 0.25) is 0 Å². The first-order valence-corrected chi connectivity index (χ1v) is 8.59. The van der Waals surface area contributed by atoms with Gasteiger partial charge in [-0.05, 0) is 13.8 Å². The number of nitro groups is 1. The number of nitrogens with zero attached hydrogens (tertiary/aromatic N) is 3. The normalized spacial score (nSPS) is 10.6. The van der Waals surface area contributed by atoms with Crippen molar-refractivity contribution in [2.75, 3.05) is 5.32 Å². The van der Waals surface area contributed by atoms with E-state index in [1.807, 2.05) is 13.8 Å². The summed E-state index contributed by atoms with van der Waals surface area (Å²) in [6.07, 6.45) is 0. The molecule has 0 aliphatic carbocycles. The van der Waals surface area contributed by atoms with Crippen molar-refractivity contribution in [2.24, 2.45) is 0 Å². The molecule has 3 aromatic rings. The third-order valence-corrected chi connectivity index (χ3v) is 4.86. The van der Waals surface area contributed by atoms with Crippen LogP contribution in [0.1, 0.15) is 20.4 Å². The number of amides is 1. The van der Waals surface area contributed by atoms with Gasteiger partial charge in [-0.15, -0.1) is 22.7 Å². The summed E-state index contributed by atoms with van der Waals surface area (Å²) in [5.41, 5.74) is 1.61. The average molecular weight is 360 g/mol. The molecule has 9 heteroatoms. The Labute approximate surface area is 145 Å². The second-order valence-corrected chi connectivity index (χ2v) is 7.20. The number of anilines is 1. The molecule has 0 fully saturated rings. The summed E-state index contributed by atoms with van der Waals surface area (Å²) in [5, 5.41) is 16.6. The van der Waals surface area contributed by atoms with E-state index in [2.05, 4.69) is 15.3 Å². The molecule has 122 valence electrons. The van der Waals surface area contributed by atoms with Gasteiger partial charge >= 0.3 is 0 Å². The van der Waals surface area contributed by atoms with Crippen LogP contribution in [0.3, 0.4) is 0 Å². The standard InChI is InChI=1S/C15H12N4O3S2/c1-8-13(10-4-3-5-11(6-10)19(21)22)17-15(24-8)18-14(20)12-7-23-9(2)16-12/h3-7H,1-2H3,(H,17,18,20). The van der Waals surface area contributed by atoms with E-state index in [1.165, 1.54) is 34.8 Å². The van der Waals surface area contributed by atoms with Crippen molar-refractivity contribution in [1.82, 2.24) is 9.97 Å². The molecule has 0 aliphatic heterocycles. The van der Waals surface area contributed by atoms with Gasteiger partial charge in [0.05, 0.1) is 15.6 Å². The fourth-order valence-electron chi connectivity index (χ4n) is 2.11. The van der Waals surface area contributed by atoms with Gasteiger partial charge in [-0.1, -0.05) is 12.1 Å². The van der Waals surface area contributed by atoms with Gasteiger partial charge in [0.1, 0.15) is 5.69 Å². The molecular formula is C15H12N4O3S2. The molecule has 1 N–H and O–H groups in total. The number of aryl methyl sites for hydroxylation is 2. The lowest BCUT2D eigenvalue weighted by Crippen LogP contribution is -2.12. The number of rotatable bonds is 4. The van der Waals surface area contributed by atoms with Gasteiger partial charge in [-0.25, -0.2) is 9.97 Å². The number of hydrogen-bond acceptors (Lipinski definition) is 7.